The third-order valence-corrected chi connectivity index (χ3v) is 2.90. The molecule has 0 fully saturated rings. The molecule has 0 bridgehead atoms. The van der Waals surface area contributed by atoms with Crippen molar-refractivity contribution in [2.45, 2.75) is 6.92 Å². The minimum absolute atomic E-state index is 0.130. The molecular formula is C19H18O4. The topological polar surface area (TPSA) is 74.6 Å². The summed E-state index contributed by atoms with van der Waals surface area (Å²) in [5, 5.41) is 17.1. The van der Waals surface area contributed by atoms with Crippen LogP contribution in [-0.2, 0) is 9.59 Å². The summed E-state index contributed by atoms with van der Waals surface area (Å²) in [6, 6.07) is 18.2. The fourth-order valence-electron chi connectivity index (χ4n) is 1.62. The molecule has 4 nitrogen and oxygen atoms in total. The van der Waals surface area contributed by atoms with Crippen molar-refractivity contribution in [1.82, 2.24) is 0 Å². The minimum Gasteiger partial charge on any atom is -0.478 e. The second-order valence-corrected chi connectivity index (χ2v) is 4.69. The molecule has 0 radical (unpaired) electrons. The number of carboxylic acid groups (broad SMARTS) is 2. The lowest BCUT2D eigenvalue weighted by Gasteiger charge is -1.97. The molecule has 23 heavy (non-hydrogen) atoms. The molecule has 0 heterocycles. The molecule has 118 valence electrons. The summed E-state index contributed by atoms with van der Waals surface area (Å²) >= 11 is 0. The number of benzene rings is 2. The van der Waals surface area contributed by atoms with Crippen LogP contribution in [0.3, 0.4) is 0 Å². The largest absolute Gasteiger partial charge is 0.478 e. The summed E-state index contributed by atoms with van der Waals surface area (Å²) in [6.45, 7) is 5.00. The second-order valence-electron chi connectivity index (χ2n) is 4.69. The maximum Gasteiger partial charge on any atom is 0.335 e. The molecule has 2 rings (SSSR count). The number of rotatable bonds is 4. The second kappa shape index (κ2) is 9.00. The lowest BCUT2D eigenvalue weighted by atomic mass is 10.1. The van der Waals surface area contributed by atoms with Gasteiger partial charge in [-0.3, -0.25) is 0 Å². The maximum atomic E-state index is 10.4. The van der Waals surface area contributed by atoms with E-state index in [0.717, 1.165) is 5.56 Å². The van der Waals surface area contributed by atoms with E-state index in [1.54, 1.807) is 37.3 Å². The van der Waals surface area contributed by atoms with E-state index in [1.807, 2.05) is 36.4 Å². The van der Waals surface area contributed by atoms with Crippen LogP contribution in [0, 0.1) is 0 Å². The SMILES string of the molecule is C=C(C(=O)O)c1ccccc1.CC(=Cc1ccccc1)C(=O)O. The van der Waals surface area contributed by atoms with Crippen LogP contribution in [0.1, 0.15) is 18.1 Å². The van der Waals surface area contributed by atoms with E-state index >= 15 is 0 Å². The molecule has 0 saturated heterocycles. The summed E-state index contributed by atoms with van der Waals surface area (Å²) < 4.78 is 0. The van der Waals surface area contributed by atoms with Crippen LogP contribution in [0.4, 0.5) is 0 Å². The Bertz CT molecular complexity index is 701. The van der Waals surface area contributed by atoms with Crippen molar-refractivity contribution >= 4 is 23.6 Å². The molecule has 0 amide bonds. The zero-order chi connectivity index (χ0) is 17.2. The van der Waals surface area contributed by atoms with Crippen LogP contribution in [0.25, 0.3) is 11.6 Å². The van der Waals surface area contributed by atoms with Crippen molar-refractivity contribution in [3.05, 3.63) is 83.9 Å². The molecule has 0 saturated carbocycles. The number of carbonyl (C=O) groups is 2. The molecular weight excluding hydrogens is 292 g/mol. The molecule has 0 aliphatic heterocycles. The quantitative estimate of drug-likeness (QED) is 0.838. The summed E-state index contributed by atoms with van der Waals surface area (Å²) in [7, 11) is 0. The average molecular weight is 310 g/mol. The number of aliphatic carboxylic acids is 2. The first-order chi connectivity index (χ1) is 10.9. The van der Waals surface area contributed by atoms with Crippen LogP contribution >= 0.6 is 0 Å². The van der Waals surface area contributed by atoms with Gasteiger partial charge in [0.05, 0.1) is 5.57 Å². The van der Waals surface area contributed by atoms with Gasteiger partial charge in [-0.25, -0.2) is 9.59 Å². The first-order valence-electron chi connectivity index (χ1n) is 6.86. The molecule has 0 aliphatic rings. The first kappa shape index (κ1) is 17.9. The van der Waals surface area contributed by atoms with E-state index < -0.39 is 11.9 Å². The Morgan fingerprint density at radius 2 is 1.35 bits per heavy atom. The van der Waals surface area contributed by atoms with Gasteiger partial charge in [-0.1, -0.05) is 67.2 Å². The van der Waals surface area contributed by atoms with Gasteiger partial charge in [-0.15, -0.1) is 0 Å². The molecule has 0 aromatic heterocycles. The Labute approximate surface area is 135 Å². The fourth-order valence-corrected chi connectivity index (χ4v) is 1.62. The van der Waals surface area contributed by atoms with Gasteiger partial charge >= 0.3 is 11.9 Å². The zero-order valence-electron chi connectivity index (χ0n) is 12.8. The molecule has 2 aromatic carbocycles. The Hall–Kier alpha value is -3.14. The monoisotopic (exact) mass is 310 g/mol. The van der Waals surface area contributed by atoms with Crippen LogP contribution in [0.2, 0.25) is 0 Å². The highest BCUT2D eigenvalue weighted by molar-refractivity contribution is 6.14. The van der Waals surface area contributed by atoms with E-state index in [2.05, 4.69) is 6.58 Å². The van der Waals surface area contributed by atoms with E-state index in [1.165, 1.54) is 0 Å². The third-order valence-electron chi connectivity index (χ3n) is 2.90. The molecule has 4 heteroatoms. The highest BCUT2D eigenvalue weighted by atomic mass is 16.4. The Kier molecular flexibility index (Phi) is 7.01. The summed E-state index contributed by atoms with van der Waals surface area (Å²) in [4.78, 5) is 20.8. The molecule has 0 spiro atoms. The van der Waals surface area contributed by atoms with E-state index in [9.17, 15) is 9.59 Å². The Balaban J connectivity index is 0.000000231. The zero-order valence-corrected chi connectivity index (χ0v) is 12.8. The van der Waals surface area contributed by atoms with Crippen molar-refractivity contribution in [3.8, 4) is 0 Å². The van der Waals surface area contributed by atoms with Crippen LogP contribution in [-0.4, -0.2) is 22.2 Å². The Morgan fingerprint density at radius 1 is 0.870 bits per heavy atom. The standard InChI is InChI=1S/C10H10O2.C9H8O2/c1-8(10(11)12)7-9-5-3-2-4-6-9;1-7(9(10)11)8-5-3-2-4-6-8/h2-7H,1H3,(H,11,12);2-6H,1H2,(H,10,11). The van der Waals surface area contributed by atoms with Gasteiger partial charge in [-0.05, 0) is 24.1 Å². The van der Waals surface area contributed by atoms with Gasteiger partial charge in [0.1, 0.15) is 0 Å². The van der Waals surface area contributed by atoms with E-state index in [-0.39, 0.29) is 5.57 Å². The fraction of sp³-hybridized carbons (Fsp3) is 0.0526. The first-order valence-corrected chi connectivity index (χ1v) is 6.86. The number of carboxylic acids is 2. The number of hydrogen-bond acceptors (Lipinski definition) is 2. The third kappa shape index (κ3) is 6.44. The highest BCUT2D eigenvalue weighted by Gasteiger charge is 2.04. The van der Waals surface area contributed by atoms with E-state index in [0.29, 0.717) is 11.1 Å². The summed E-state index contributed by atoms with van der Waals surface area (Å²) in [5.41, 5.74) is 2.05. The molecule has 2 aromatic rings. The molecule has 2 N–H and O–H groups in total. The van der Waals surface area contributed by atoms with Crippen LogP contribution in [0.5, 0.6) is 0 Å². The van der Waals surface area contributed by atoms with Gasteiger partial charge < -0.3 is 10.2 Å². The highest BCUT2D eigenvalue weighted by Crippen LogP contribution is 2.10. The number of hydrogen-bond donors (Lipinski definition) is 2. The predicted molar refractivity (Wildman–Crippen MR) is 90.8 cm³/mol. The molecule has 0 aliphatic carbocycles. The van der Waals surface area contributed by atoms with Gasteiger partial charge in [0.25, 0.3) is 0 Å². The minimum atomic E-state index is -0.976. The van der Waals surface area contributed by atoms with Crippen molar-refractivity contribution in [2.75, 3.05) is 0 Å². The van der Waals surface area contributed by atoms with Crippen molar-refractivity contribution in [2.24, 2.45) is 0 Å². The summed E-state index contributed by atoms with van der Waals surface area (Å²) in [5.74, 6) is -1.85. The maximum absolute atomic E-state index is 10.4. The van der Waals surface area contributed by atoms with Crippen LogP contribution < -0.4 is 0 Å². The van der Waals surface area contributed by atoms with Gasteiger partial charge in [0, 0.05) is 5.57 Å². The predicted octanol–water partition coefficient (Wildman–Crippen LogP) is 3.96. The lowest BCUT2D eigenvalue weighted by molar-refractivity contribution is -0.132. The van der Waals surface area contributed by atoms with Gasteiger partial charge in [0.15, 0.2) is 0 Å². The van der Waals surface area contributed by atoms with Crippen LogP contribution in [0.15, 0.2) is 72.8 Å². The Morgan fingerprint density at radius 3 is 1.78 bits per heavy atom. The van der Waals surface area contributed by atoms with Crippen molar-refractivity contribution in [1.29, 1.82) is 0 Å². The average Bonchev–Trinajstić information content (AvgIpc) is 2.56. The summed E-state index contributed by atoms with van der Waals surface area (Å²) in [6.07, 6.45) is 1.64. The van der Waals surface area contributed by atoms with Crippen molar-refractivity contribution < 1.29 is 19.8 Å². The normalized spacial score (nSPS) is 10.2. The lowest BCUT2D eigenvalue weighted by Crippen LogP contribution is -1.96. The molecule has 0 unspecified atom stereocenters. The smallest absolute Gasteiger partial charge is 0.335 e. The molecule has 0 atom stereocenters. The van der Waals surface area contributed by atoms with E-state index in [4.69, 9.17) is 10.2 Å². The van der Waals surface area contributed by atoms with Crippen molar-refractivity contribution in [3.63, 3.8) is 0 Å². The van der Waals surface area contributed by atoms with Gasteiger partial charge in [0.2, 0.25) is 0 Å². The van der Waals surface area contributed by atoms with Gasteiger partial charge in [-0.2, -0.15) is 0 Å².